The average Bonchev–Trinajstić information content (AvgIpc) is 3.05. The van der Waals surface area contributed by atoms with Crippen molar-refractivity contribution in [2.75, 3.05) is 19.8 Å². The quantitative estimate of drug-likeness (QED) is 0.447. The number of benzene rings is 2. The topological polar surface area (TPSA) is 79.7 Å². The summed E-state index contributed by atoms with van der Waals surface area (Å²) in [5.41, 5.74) is 4.34. The average molecular weight is 420 g/mol. The van der Waals surface area contributed by atoms with Crippen molar-refractivity contribution < 1.29 is 23.8 Å². The molecule has 0 radical (unpaired) electrons. The van der Waals surface area contributed by atoms with Crippen LogP contribution in [0.4, 0.5) is 0 Å². The van der Waals surface area contributed by atoms with Crippen molar-refractivity contribution in [2.24, 2.45) is 0 Å². The second-order valence-corrected chi connectivity index (χ2v) is 7.55. The molecule has 0 N–H and O–H groups in total. The van der Waals surface area contributed by atoms with E-state index in [4.69, 9.17) is 14.2 Å². The molecule has 0 saturated heterocycles. The molecule has 0 unspecified atom stereocenters. The summed E-state index contributed by atoms with van der Waals surface area (Å²) in [6, 6.07) is 13.1. The van der Waals surface area contributed by atoms with Crippen LogP contribution in [-0.2, 0) is 11.3 Å². The number of esters is 1. The Morgan fingerprint density at radius 2 is 1.71 bits per heavy atom. The Bertz CT molecular complexity index is 1130. The highest BCUT2D eigenvalue weighted by Gasteiger charge is 2.22. The third kappa shape index (κ3) is 4.45. The Morgan fingerprint density at radius 3 is 2.45 bits per heavy atom. The summed E-state index contributed by atoms with van der Waals surface area (Å²) >= 11 is 0. The molecule has 0 spiro atoms. The molecule has 2 aromatic carbocycles. The third-order valence-corrected chi connectivity index (χ3v) is 5.24. The molecule has 160 valence electrons. The fraction of sp³-hybridized carbons (Fsp3) is 0.292. The van der Waals surface area contributed by atoms with Crippen LogP contribution < -0.4 is 9.47 Å². The van der Waals surface area contributed by atoms with Crippen molar-refractivity contribution in [3.8, 4) is 11.5 Å². The standard InChI is InChI=1S/C24H24N2O5/c1-15-4-6-18(7-5-15)13-26-17(3)23(16(2)25-26)24(28)31-14-20(27)19-8-9-21-22(12-19)30-11-10-29-21/h4-9,12H,10-11,13-14H2,1-3H3. The van der Waals surface area contributed by atoms with Gasteiger partial charge in [0.05, 0.1) is 17.9 Å². The molecule has 4 rings (SSSR count). The van der Waals surface area contributed by atoms with Crippen molar-refractivity contribution in [3.63, 3.8) is 0 Å². The van der Waals surface area contributed by atoms with E-state index in [1.54, 1.807) is 29.8 Å². The number of hydrogen-bond donors (Lipinski definition) is 0. The fourth-order valence-electron chi connectivity index (χ4n) is 3.52. The summed E-state index contributed by atoms with van der Waals surface area (Å²) in [5, 5.41) is 4.48. The van der Waals surface area contributed by atoms with E-state index in [1.165, 1.54) is 5.56 Å². The van der Waals surface area contributed by atoms with Crippen LogP contribution in [0, 0.1) is 20.8 Å². The van der Waals surface area contributed by atoms with Gasteiger partial charge in [-0.25, -0.2) is 4.79 Å². The first-order chi connectivity index (χ1) is 14.9. The van der Waals surface area contributed by atoms with Crippen molar-refractivity contribution in [1.82, 2.24) is 9.78 Å². The van der Waals surface area contributed by atoms with Crippen molar-refractivity contribution in [2.45, 2.75) is 27.3 Å². The smallest absolute Gasteiger partial charge is 0.342 e. The molecule has 0 saturated carbocycles. The first kappa shape index (κ1) is 20.7. The first-order valence-corrected chi connectivity index (χ1v) is 10.1. The number of hydrogen-bond acceptors (Lipinski definition) is 6. The molecule has 3 aromatic rings. The highest BCUT2D eigenvalue weighted by Crippen LogP contribution is 2.30. The summed E-state index contributed by atoms with van der Waals surface area (Å²) in [5.74, 6) is 0.253. The monoisotopic (exact) mass is 420 g/mol. The largest absolute Gasteiger partial charge is 0.486 e. The molecular formula is C24H24N2O5. The summed E-state index contributed by atoms with van der Waals surface area (Å²) in [6.45, 7) is 6.73. The van der Waals surface area contributed by atoms with Crippen LogP contribution in [0.3, 0.4) is 0 Å². The maximum absolute atomic E-state index is 12.7. The Labute approximate surface area is 180 Å². The molecule has 31 heavy (non-hydrogen) atoms. The minimum absolute atomic E-state index is 0.312. The third-order valence-electron chi connectivity index (χ3n) is 5.24. The lowest BCUT2D eigenvalue weighted by Crippen LogP contribution is -2.18. The minimum atomic E-state index is -0.559. The molecule has 1 aliphatic heterocycles. The maximum atomic E-state index is 12.7. The second kappa shape index (κ2) is 8.63. The zero-order valence-corrected chi connectivity index (χ0v) is 17.8. The van der Waals surface area contributed by atoms with Crippen LogP contribution in [-0.4, -0.2) is 41.4 Å². The lowest BCUT2D eigenvalue weighted by Gasteiger charge is -2.18. The van der Waals surface area contributed by atoms with Gasteiger partial charge >= 0.3 is 5.97 Å². The van der Waals surface area contributed by atoms with Gasteiger partial charge in [-0.05, 0) is 44.5 Å². The number of ether oxygens (including phenoxy) is 3. The van der Waals surface area contributed by atoms with E-state index >= 15 is 0 Å². The number of Topliss-reactive ketones (excluding diaryl/α,β-unsaturated/α-hetero) is 1. The molecule has 1 aromatic heterocycles. The van der Waals surface area contributed by atoms with Gasteiger partial charge in [0.25, 0.3) is 0 Å². The van der Waals surface area contributed by atoms with E-state index in [1.807, 2.05) is 38.1 Å². The van der Waals surface area contributed by atoms with Crippen LogP contribution in [0.25, 0.3) is 0 Å². The number of fused-ring (bicyclic) bond motifs is 1. The maximum Gasteiger partial charge on any atom is 0.342 e. The van der Waals surface area contributed by atoms with Crippen molar-refractivity contribution >= 4 is 11.8 Å². The van der Waals surface area contributed by atoms with Gasteiger partial charge in [0.1, 0.15) is 18.8 Å². The van der Waals surface area contributed by atoms with Crippen LogP contribution in [0.15, 0.2) is 42.5 Å². The van der Waals surface area contributed by atoms with E-state index in [9.17, 15) is 9.59 Å². The molecule has 0 amide bonds. The lowest BCUT2D eigenvalue weighted by atomic mass is 10.1. The molecule has 0 aliphatic carbocycles. The van der Waals surface area contributed by atoms with E-state index in [0.29, 0.717) is 53.8 Å². The normalized spacial score (nSPS) is 12.5. The van der Waals surface area contributed by atoms with E-state index < -0.39 is 5.97 Å². The summed E-state index contributed by atoms with van der Waals surface area (Å²) in [7, 11) is 0. The van der Waals surface area contributed by atoms with Gasteiger partial charge < -0.3 is 14.2 Å². The van der Waals surface area contributed by atoms with E-state index in [2.05, 4.69) is 5.10 Å². The number of ketones is 1. The summed E-state index contributed by atoms with van der Waals surface area (Å²) < 4.78 is 18.1. The first-order valence-electron chi connectivity index (χ1n) is 10.1. The van der Waals surface area contributed by atoms with Gasteiger partial charge in [-0.1, -0.05) is 29.8 Å². The molecule has 7 nitrogen and oxygen atoms in total. The molecule has 7 heteroatoms. The van der Waals surface area contributed by atoms with Gasteiger partial charge in [0.15, 0.2) is 23.9 Å². The number of carbonyl (C=O) groups is 2. The van der Waals surface area contributed by atoms with Crippen molar-refractivity contribution in [1.29, 1.82) is 0 Å². The lowest BCUT2D eigenvalue weighted by molar-refractivity contribution is 0.0473. The van der Waals surface area contributed by atoms with E-state index in [0.717, 1.165) is 5.56 Å². The highest BCUT2D eigenvalue weighted by atomic mass is 16.6. The zero-order valence-electron chi connectivity index (χ0n) is 17.8. The van der Waals surface area contributed by atoms with E-state index in [-0.39, 0.29) is 12.4 Å². The summed E-state index contributed by atoms with van der Waals surface area (Å²) in [4.78, 5) is 25.2. The number of rotatable bonds is 6. The Balaban J connectivity index is 1.43. The Morgan fingerprint density at radius 1 is 1.00 bits per heavy atom. The number of aryl methyl sites for hydroxylation is 2. The second-order valence-electron chi connectivity index (χ2n) is 7.55. The summed E-state index contributed by atoms with van der Waals surface area (Å²) in [6.07, 6.45) is 0. The SMILES string of the molecule is Cc1ccc(Cn2nc(C)c(C(=O)OCC(=O)c3ccc4c(c3)OCCO4)c2C)cc1. The van der Waals surface area contributed by atoms with Gasteiger partial charge in [-0.2, -0.15) is 5.10 Å². The predicted octanol–water partition coefficient (Wildman–Crippen LogP) is 3.67. The van der Waals surface area contributed by atoms with Crippen LogP contribution >= 0.6 is 0 Å². The zero-order chi connectivity index (χ0) is 22.0. The molecule has 0 atom stereocenters. The predicted molar refractivity (Wildman–Crippen MR) is 114 cm³/mol. The number of carbonyl (C=O) groups excluding carboxylic acids is 2. The molecule has 1 aliphatic rings. The molecule has 0 bridgehead atoms. The number of aromatic nitrogens is 2. The minimum Gasteiger partial charge on any atom is -0.486 e. The van der Waals surface area contributed by atoms with Crippen LogP contribution in [0.1, 0.15) is 43.2 Å². The van der Waals surface area contributed by atoms with Gasteiger partial charge in [0.2, 0.25) is 0 Å². The van der Waals surface area contributed by atoms with Crippen molar-refractivity contribution in [3.05, 3.63) is 76.1 Å². The van der Waals surface area contributed by atoms with Crippen LogP contribution in [0.2, 0.25) is 0 Å². The highest BCUT2D eigenvalue weighted by molar-refractivity contribution is 6.00. The van der Waals surface area contributed by atoms with Crippen LogP contribution in [0.5, 0.6) is 11.5 Å². The van der Waals surface area contributed by atoms with Gasteiger partial charge in [-0.3, -0.25) is 9.48 Å². The Hall–Kier alpha value is -3.61. The molecule has 0 fully saturated rings. The molecule has 2 heterocycles. The number of nitrogens with zero attached hydrogens (tertiary/aromatic N) is 2. The van der Waals surface area contributed by atoms with Gasteiger partial charge in [0, 0.05) is 5.56 Å². The fourth-order valence-corrected chi connectivity index (χ4v) is 3.52. The molecular weight excluding hydrogens is 396 g/mol. The Kier molecular flexibility index (Phi) is 5.75. The van der Waals surface area contributed by atoms with Gasteiger partial charge in [-0.15, -0.1) is 0 Å².